The summed E-state index contributed by atoms with van der Waals surface area (Å²) < 4.78 is 14.4. The van der Waals surface area contributed by atoms with E-state index in [1.165, 1.54) is 35.3 Å². The highest BCUT2D eigenvalue weighted by Crippen LogP contribution is 2.19. The van der Waals surface area contributed by atoms with Gasteiger partial charge in [0.15, 0.2) is 0 Å². The highest BCUT2D eigenvalue weighted by atomic mass is 19.1. The van der Waals surface area contributed by atoms with Crippen molar-refractivity contribution in [2.45, 2.75) is 6.92 Å². The molecule has 3 aromatic rings. The standard InChI is InChI=1S/C15H12FN5O/c1-10-2-7-13(8-14(10)21-9-17-19-20-21)18-15(22)11-3-5-12(16)6-4-11/h2-9H,1H3,(H,18,22). The van der Waals surface area contributed by atoms with Gasteiger partial charge in [0.1, 0.15) is 12.1 Å². The Bertz CT molecular complexity index is 799. The zero-order valence-corrected chi connectivity index (χ0v) is 11.7. The van der Waals surface area contributed by atoms with Crippen LogP contribution >= 0.6 is 0 Å². The topological polar surface area (TPSA) is 72.7 Å². The average Bonchev–Trinajstić information content (AvgIpc) is 3.04. The van der Waals surface area contributed by atoms with Crippen LogP contribution < -0.4 is 5.32 Å². The number of nitrogens with one attached hydrogen (secondary N) is 1. The van der Waals surface area contributed by atoms with Crippen molar-refractivity contribution in [1.29, 1.82) is 0 Å². The minimum absolute atomic E-state index is 0.313. The Labute approximate surface area is 125 Å². The van der Waals surface area contributed by atoms with Crippen LogP contribution in [0, 0.1) is 12.7 Å². The van der Waals surface area contributed by atoms with Gasteiger partial charge >= 0.3 is 0 Å². The monoisotopic (exact) mass is 297 g/mol. The fraction of sp³-hybridized carbons (Fsp3) is 0.0667. The Morgan fingerprint density at radius 1 is 1.18 bits per heavy atom. The molecule has 0 radical (unpaired) electrons. The second kappa shape index (κ2) is 5.72. The zero-order valence-electron chi connectivity index (χ0n) is 11.7. The molecule has 0 saturated heterocycles. The Morgan fingerprint density at radius 3 is 2.64 bits per heavy atom. The molecule has 0 unspecified atom stereocenters. The maximum absolute atomic E-state index is 12.9. The number of halogens is 1. The molecule has 2 aromatic carbocycles. The van der Waals surface area contributed by atoms with Gasteiger partial charge in [-0.25, -0.2) is 9.07 Å². The summed E-state index contributed by atoms with van der Waals surface area (Å²) in [6.07, 6.45) is 1.48. The van der Waals surface area contributed by atoms with E-state index in [0.29, 0.717) is 11.3 Å². The van der Waals surface area contributed by atoms with Gasteiger partial charge in [0.25, 0.3) is 5.91 Å². The lowest BCUT2D eigenvalue weighted by Gasteiger charge is -2.09. The van der Waals surface area contributed by atoms with Crippen LogP contribution in [0.3, 0.4) is 0 Å². The smallest absolute Gasteiger partial charge is 0.255 e. The zero-order chi connectivity index (χ0) is 15.5. The number of rotatable bonds is 3. The van der Waals surface area contributed by atoms with E-state index in [1.54, 1.807) is 12.1 Å². The van der Waals surface area contributed by atoms with E-state index in [-0.39, 0.29) is 11.7 Å². The molecule has 6 nitrogen and oxygen atoms in total. The molecule has 0 aliphatic carbocycles. The first kappa shape index (κ1) is 13.9. The first-order valence-electron chi connectivity index (χ1n) is 6.54. The van der Waals surface area contributed by atoms with Crippen LogP contribution in [0.4, 0.5) is 10.1 Å². The maximum atomic E-state index is 12.9. The van der Waals surface area contributed by atoms with Gasteiger partial charge in [-0.1, -0.05) is 6.07 Å². The summed E-state index contributed by atoms with van der Waals surface area (Å²) in [6.45, 7) is 1.92. The molecule has 1 amide bonds. The second-order valence-corrected chi connectivity index (χ2v) is 4.72. The number of aromatic nitrogens is 4. The minimum atomic E-state index is -0.382. The SMILES string of the molecule is Cc1ccc(NC(=O)c2ccc(F)cc2)cc1-n1cnnn1. The number of hydrogen-bond donors (Lipinski definition) is 1. The Balaban J connectivity index is 1.85. The van der Waals surface area contributed by atoms with E-state index in [9.17, 15) is 9.18 Å². The number of hydrogen-bond acceptors (Lipinski definition) is 4. The van der Waals surface area contributed by atoms with Gasteiger partial charge in [0.05, 0.1) is 5.69 Å². The fourth-order valence-corrected chi connectivity index (χ4v) is 2.01. The van der Waals surface area contributed by atoms with Crippen molar-refractivity contribution in [3.05, 3.63) is 65.7 Å². The number of aryl methyl sites for hydroxylation is 1. The molecule has 0 aliphatic heterocycles. The van der Waals surface area contributed by atoms with Gasteiger partial charge in [-0.05, 0) is 59.3 Å². The highest BCUT2D eigenvalue weighted by molar-refractivity contribution is 6.04. The van der Waals surface area contributed by atoms with Crippen LogP contribution in [0.5, 0.6) is 0 Å². The van der Waals surface area contributed by atoms with Crippen molar-refractivity contribution in [3.63, 3.8) is 0 Å². The minimum Gasteiger partial charge on any atom is -0.322 e. The molecule has 1 heterocycles. The largest absolute Gasteiger partial charge is 0.322 e. The third-order valence-corrected chi connectivity index (χ3v) is 3.17. The van der Waals surface area contributed by atoms with Crippen LogP contribution in [0.2, 0.25) is 0 Å². The van der Waals surface area contributed by atoms with Crippen molar-refractivity contribution in [2.75, 3.05) is 5.32 Å². The highest BCUT2D eigenvalue weighted by Gasteiger charge is 2.09. The number of benzene rings is 2. The van der Waals surface area contributed by atoms with E-state index >= 15 is 0 Å². The number of tetrazole rings is 1. The molecule has 0 atom stereocenters. The molecule has 1 N–H and O–H groups in total. The normalized spacial score (nSPS) is 10.5. The van der Waals surface area contributed by atoms with Crippen molar-refractivity contribution in [2.24, 2.45) is 0 Å². The molecule has 7 heteroatoms. The van der Waals surface area contributed by atoms with Gasteiger partial charge in [-0.15, -0.1) is 5.10 Å². The number of amides is 1. The summed E-state index contributed by atoms with van der Waals surface area (Å²) in [5.74, 6) is -0.695. The van der Waals surface area contributed by atoms with Gasteiger partial charge in [0, 0.05) is 11.3 Å². The molecule has 0 bridgehead atoms. The van der Waals surface area contributed by atoms with Crippen molar-refractivity contribution in [1.82, 2.24) is 20.2 Å². The van der Waals surface area contributed by atoms with Crippen molar-refractivity contribution >= 4 is 11.6 Å². The van der Waals surface area contributed by atoms with Crippen LogP contribution in [0.15, 0.2) is 48.8 Å². The lowest BCUT2D eigenvalue weighted by molar-refractivity contribution is 0.102. The summed E-state index contributed by atoms with van der Waals surface area (Å²) in [5.41, 5.74) is 2.71. The van der Waals surface area contributed by atoms with Gasteiger partial charge < -0.3 is 5.32 Å². The second-order valence-electron chi connectivity index (χ2n) is 4.72. The first-order chi connectivity index (χ1) is 10.6. The Kier molecular flexibility index (Phi) is 3.61. The van der Waals surface area contributed by atoms with E-state index in [2.05, 4.69) is 20.8 Å². The molecule has 0 saturated carbocycles. The summed E-state index contributed by atoms with van der Waals surface area (Å²) >= 11 is 0. The maximum Gasteiger partial charge on any atom is 0.255 e. The summed E-state index contributed by atoms with van der Waals surface area (Å²) in [5, 5.41) is 13.8. The molecule has 1 aromatic heterocycles. The van der Waals surface area contributed by atoms with Crippen molar-refractivity contribution in [3.8, 4) is 5.69 Å². The van der Waals surface area contributed by atoms with Gasteiger partial charge in [-0.3, -0.25) is 4.79 Å². The molecule has 0 aliphatic rings. The summed E-state index contributed by atoms with van der Waals surface area (Å²) in [6, 6.07) is 10.8. The van der Waals surface area contributed by atoms with Crippen LogP contribution in [0.1, 0.15) is 15.9 Å². The molecule has 0 fully saturated rings. The van der Waals surface area contributed by atoms with E-state index in [1.807, 2.05) is 13.0 Å². The van der Waals surface area contributed by atoms with Crippen molar-refractivity contribution < 1.29 is 9.18 Å². The van der Waals surface area contributed by atoms with Gasteiger partial charge in [0.2, 0.25) is 0 Å². The predicted molar refractivity (Wildman–Crippen MR) is 78.2 cm³/mol. The molecule has 110 valence electrons. The molecule has 3 rings (SSSR count). The molecule has 0 spiro atoms. The average molecular weight is 297 g/mol. The van der Waals surface area contributed by atoms with Crippen LogP contribution in [-0.4, -0.2) is 26.1 Å². The van der Waals surface area contributed by atoms with Gasteiger partial charge in [-0.2, -0.15) is 0 Å². The Morgan fingerprint density at radius 2 is 1.95 bits per heavy atom. The van der Waals surface area contributed by atoms with Crippen LogP contribution in [0.25, 0.3) is 5.69 Å². The predicted octanol–water partition coefficient (Wildman–Crippen LogP) is 2.36. The lowest BCUT2D eigenvalue weighted by atomic mass is 10.1. The van der Waals surface area contributed by atoms with E-state index < -0.39 is 0 Å². The van der Waals surface area contributed by atoms with E-state index in [4.69, 9.17) is 0 Å². The molecular weight excluding hydrogens is 285 g/mol. The lowest BCUT2D eigenvalue weighted by Crippen LogP contribution is -2.12. The molecule has 22 heavy (non-hydrogen) atoms. The Hall–Kier alpha value is -3.09. The summed E-state index contributed by atoms with van der Waals surface area (Å²) in [4.78, 5) is 12.1. The third-order valence-electron chi connectivity index (χ3n) is 3.17. The third kappa shape index (κ3) is 2.83. The summed E-state index contributed by atoms with van der Waals surface area (Å²) in [7, 11) is 0. The van der Waals surface area contributed by atoms with Crippen LogP contribution in [-0.2, 0) is 0 Å². The molecular formula is C15H12FN5O. The first-order valence-corrected chi connectivity index (χ1v) is 6.54. The number of nitrogens with zero attached hydrogens (tertiary/aromatic N) is 4. The number of carbonyl (C=O) groups excluding carboxylic acids is 1. The number of carbonyl (C=O) groups is 1. The fourth-order valence-electron chi connectivity index (χ4n) is 2.01. The number of anilines is 1. The van der Waals surface area contributed by atoms with E-state index in [0.717, 1.165) is 11.3 Å². The quantitative estimate of drug-likeness (QED) is 0.805.